The van der Waals surface area contributed by atoms with Gasteiger partial charge in [-0.2, -0.15) is 0 Å². The van der Waals surface area contributed by atoms with Gasteiger partial charge < -0.3 is 20.4 Å². The molecule has 12 heteroatoms. The standard InChI is InChI=1S/C34H34Br2O8S2/c1-17(35)7-3-5-9-19-11-25(45-15-19)21-13-23(31(37)38)27-24(32(39)40)14-22(29(34(43)44)30(27)28(21)33(41)42)26-12-20(16-46-26)10-6-4-8-18(2)36/h11-18H,3-10H2,1-2H3,(H,37,38)(H,39,40)(H,41,42)(H,43,44). The van der Waals surface area contributed by atoms with Crippen LogP contribution in [-0.2, 0) is 12.8 Å². The summed E-state index contributed by atoms with van der Waals surface area (Å²) < 4.78 is 0. The molecule has 0 spiro atoms. The number of aryl methyl sites for hydroxylation is 2. The van der Waals surface area contributed by atoms with Crippen molar-refractivity contribution in [3.8, 4) is 20.9 Å². The van der Waals surface area contributed by atoms with Crippen LogP contribution in [0.3, 0.4) is 0 Å². The zero-order valence-electron chi connectivity index (χ0n) is 25.3. The lowest BCUT2D eigenvalue weighted by molar-refractivity contribution is 0.0676. The first-order chi connectivity index (χ1) is 21.8. The zero-order valence-corrected chi connectivity index (χ0v) is 30.1. The van der Waals surface area contributed by atoms with Crippen molar-refractivity contribution >= 4 is 89.2 Å². The Kier molecular flexibility index (Phi) is 12.2. The van der Waals surface area contributed by atoms with Crippen molar-refractivity contribution in [3.63, 3.8) is 0 Å². The molecule has 0 saturated heterocycles. The molecule has 2 aromatic heterocycles. The number of rotatable bonds is 16. The summed E-state index contributed by atoms with van der Waals surface area (Å²) in [6.07, 6.45) is 7.26. The van der Waals surface area contributed by atoms with E-state index in [9.17, 15) is 39.6 Å². The molecule has 2 heterocycles. The Bertz CT molecular complexity index is 1660. The highest BCUT2D eigenvalue weighted by Crippen LogP contribution is 2.44. The Morgan fingerprint density at radius 1 is 0.609 bits per heavy atom. The van der Waals surface area contributed by atoms with Crippen LogP contribution in [-0.4, -0.2) is 54.0 Å². The van der Waals surface area contributed by atoms with Crippen LogP contribution in [0.15, 0.2) is 35.0 Å². The van der Waals surface area contributed by atoms with Gasteiger partial charge in [-0.25, -0.2) is 19.2 Å². The number of carboxylic acids is 4. The second kappa shape index (κ2) is 15.7. The van der Waals surface area contributed by atoms with Crippen LogP contribution < -0.4 is 0 Å². The third-order valence-electron chi connectivity index (χ3n) is 7.77. The van der Waals surface area contributed by atoms with Gasteiger partial charge in [-0.3, -0.25) is 0 Å². The molecule has 0 saturated carbocycles. The minimum atomic E-state index is -1.49. The number of thiophene rings is 2. The van der Waals surface area contributed by atoms with Crippen LogP contribution in [0.25, 0.3) is 31.7 Å². The molecule has 4 N–H and O–H groups in total. The molecule has 46 heavy (non-hydrogen) atoms. The molecule has 4 aromatic rings. The maximum atomic E-state index is 13.0. The summed E-state index contributed by atoms with van der Waals surface area (Å²) in [6, 6.07) is 5.91. The van der Waals surface area contributed by atoms with Gasteiger partial charge >= 0.3 is 23.9 Å². The number of hydrogen-bond donors (Lipinski definition) is 4. The minimum Gasteiger partial charge on any atom is -0.478 e. The lowest BCUT2D eigenvalue weighted by Crippen LogP contribution is -2.14. The highest BCUT2D eigenvalue weighted by atomic mass is 79.9. The van der Waals surface area contributed by atoms with E-state index in [1.807, 2.05) is 10.8 Å². The van der Waals surface area contributed by atoms with Crippen LogP contribution >= 0.6 is 54.5 Å². The molecular weight excluding hydrogens is 760 g/mol. The minimum absolute atomic E-state index is 0.0339. The third kappa shape index (κ3) is 8.26. The number of hydrogen-bond acceptors (Lipinski definition) is 6. The molecule has 244 valence electrons. The summed E-state index contributed by atoms with van der Waals surface area (Å²) >= 11 is 9.56. The summed E-state index contributed by atoms with van der Waals surface area (Å²) in [5.41, 5.74) is 0.133. The summed E-state index contributed by atoms with van der Waals surface area (Å²) in [5, 5.41) is 44.5. The molecule has 8 nitrogen and oxygen atoms in total. The van der Waals surface area contributed by atoms with Crippen molar-refractivity contribution in [2.45, 2.75) is 74.9 Å². The number of unbranched alkanes of at least 4 members (excludes halogenated alkanes) is 2. The topological polar surface area (TPSA) is 149 Å². The fraction of sp³-hybridized carbons (Fsp3) is 0.353. The van der Waals surface area contributed by atoms with Crippen LogP contribution in [0.4, 0.5) is 0 Å². The van der Waals surface area contributed by atoms with Crippen molar-refractivity contribution < 1.29 is 39.6 Å². The maximum absolute atomic E-state index is 13.0. The third-order valence-corrected chi connectivity index (χ3v) is 10.7. The van der Waals surface area contributed by atoms with Gasteiger partial charge in [-0.1, -0.05) is 58.5 Å². The number of carbonyl (C=O) groups is 4. The van der Waals surface area contributed by atoms with E-state index in [1.54, 1.807) is 12.1 Å². The largest absolute Gasteiger partial charge is 0.478 e. The van der Waals surface area contributed by atoms with E-state index in [-0.39, 0.29) is 11.1 Å². The second-order valence-electron chi connectivity index (χ2n) is 11.4. The van der Waals surface area contributed by atoms with Gasteiger partial charge in [0.2, 0.25) is 0 Å². The Balaban J connectivity index is 1.96. The van der Waals surface area contributed by atoms with Gasteiger partial charge in [-0.05, 0) is 84.7 Å². The van der Waals surface area contributed by atoms with E-state index < -0.39 is 56.9 Å². The predicted molar refractivity (Wildman–Crippen MR) is 190 cm³/mol. The average molecular weight is 795 g/mol. The lowest BCUT2D eigenvalue weighted by Gasteiger charge is -2.18. The van der Waals surface area contributed by atoms with Crippen LogP contribution in [0.1, 0.15) is 105 Å². The molecule has 2 unspecified atom stereocenters. The van der Waals surface area contributed by atoms with E-state index in [4.69, 9.17) is 0 Å². The molecule has 0 aliphatic carbocycles. The molecule has 2 aromatic carbocycles. The van der Waals surface area contributed by atoms with Crippen molar-refractivity contribution in [3.05, 3.63) is 68.4 Å². The van der Waals surface area contributed by atoms with Gasteiger partial charge in [0.05, 0.1) is 22.3 Å². The molecule has 0 aliphatic rings. The van der Waals surface area contributed by atoms with Crippen LogP contribution in [0.5, 0.6) is 0 Å². The van der Waals surface area contributed by atoms with Gasteiger partial charge in [0.25, 0.3) is 0 Å². The normalized spacial score (nSPS) is 12.7. The maximum Gasteiger partial charge on any atom is 0.337 e. The Hall–Kier alpha value is -3.06. The molecule has 2 atom stereocenters. The zero-order chi connectivity index (χ0) is 33.7. The molecule has 0 aliphatic heterocycles. The first-order valence-corrected chi connectivity index (χ1v) is 18.4. The summed E-state index contributed by atoms with van der Waals surface area (Å²) in [7, 11) is 0. The predicted octanol–water partition coefficient (Wildman–Crippen LogP) is 10.1. The number of halogens is 2. The summed E-state index contributed by atoms with van der Waals surface area (Å²) in [6.45, 7) is 4.15. The molecule has 0 radical (unpaired) electrons. The lowest BCUT2D eigenvalue weighted by atomic mass is 9.85. The van der Waals surface area contributed by atoms with E-state index >= 15 is 0 Å². The fourth-order valence-electron chi connectivity index (χ4n) is 5.61. The summed E-state index contributed by atoms with van der Waals surface area (Å²) in [4.78, 5) is 52.9. The van der Waals surface area contributed by atoms with Crippen molar-refractivity contribution in [1.82, 2.24) is 0 Å². The van der Waals surface area contributed by atoms with E-state index in [1.165, 1.54) is 22.7 Å². The van der Waals surface area contributed by atoms with Crippen molar-refractivity contribution in [2.75, 3.05) is 0 Å². The Morgan fingerprint density at radius 2 is 1.00 bits per heavy atom. The van der Waals surface area contributed by atoms with Crippen molar-refractivity contribution in [1.29, 1.82) is 0 Å². The summed E-state index contributed by atoms with van der Waals surface area (Å²) in [5.74, 6) is -5.96. The monoisotopic (exact) mass is 792 g/mol. The molecule has 0 bridgehead atoms. The van der Waals surface area contributed by atoms with E-state index in [2.05, 4.69) is 45.7 Å². The van der Waals surface area contributed by atoms with Crippen LogP contribution in [0.2, 0.25) is 0 Å². The highest BCUT2D eigenvalue weighted by molar-refractivity contribution is 9.09. The number of alkyl halides is 2. The first kappa shape index (κ1) is 35.8. The second-order valence-corrected chi connectivity index (χ2v) is 16.3. The molecular formula is C34H34Br2O8S2. The van der Waals surface area contributed by atoms with E-state index in [0.717, 1.165) is 74.6 Å². The molecule has 0 amide bonds. The Morgan fingerprint density at radius 3 is 1.33 bits per heavy atom. The average Bonchev–Trinajstić information content (AvgIpc) is 3.65. The Labute approximate surface area is 291 Å². The smallest absolute Gasteiger partial charge is 0.337 e. The number of benzene rings is 2. The number of carboxylic acid groups (broad SMARTS) is 4. The molecule has 4 rings (SSSR count). The van der Waals surface area contributed by atoms with Crippen LogP contribution in [0, 0.1) is 0 Å². The van der Waals surface area contributed by atoms with E-state index in [0.29, 0.717) is 19.4 Å². The quantitative estimate of drug-likeness (QED) is 0.0647. The van der Waals surface area contributed by atoms with Gasteiger partial charge in [0.1, 0.15) is 0 Å². The highest BCUT2D eigenvalue weighted by Gasteiger charge is 2.32. The van der Waals surface area contributed by atoms with Gasteiger partial charge in [-0.15, -0.1) is 22.7 Å². The van der Waals surface area contributed by atoms with Crippen molar-refractivity contribution in [2.24, 2.45) is 0 Å². The number of fused-ring (bicyclic) bond motifs is 1. The first-order valence-electron chi connectivity index (χ1n) is 14.8. The van der Waals surface area contributed by atoms with Gasteiger partial charge in [0, 0.05) is 41.3 Å². The molecule has 0 fully saturated rings. The number of aromatic carboxylic acids is 4. The van der Waals surface area contributed by atoms with Gasteiger partial charge in [0.15, 0.2) is 0 Å². The SMILES string of the molecule is CC(Br)CCCCc1csc(-c2cc(C(=O)O)c3c(C(=O)O)cc(-c4cc(CCCCC(C)Br)cs4)c(C(=O)O)c3c2C(=O)O)c1. The fourth-order valence-corrected chi connectivity index (χ4v) is 8.20.